The van der Waals surface area contributed by atoms with Crippen molar-refractivity contribution < 1.29 is 38.2 Å². The Morgan fingerprint density at radius 2 is 1.65 bits per heavy atom. The van der Waals surface area contributed by atoms with Crippen LogP contribution in [0.25, 0.3) is 0 Å². The molecule has 5 N–H and O–H groups in total. The lowest BCUT2D eigenvalue weighted by Crippen LogP contribution is -2.50. The maximum Gasteiger partial charge on any atom is 0.413 e. The van der Waals surface area contributed by atoms with Gasteiger partial charge in [0.05, 0.1) is 26.3 Å². The van der Waals surface area contributed by atoms with Gasteiger partial charge in [0, 0.05) is 46.3 Å². The molecule has 0 spiro atoms. The quantitative estimate of drug-likeness (QED) is 0.0936. The summed E-state index contributed by atoms with van der Waals surface area (Å²) < 4.78 is 16.9. The van der Waals surface area contributed by atoms with E-state index in [9.17, 15) is 24.0 Å². The summed E-state index contributed by atoms with van der Waals surface area (Å²) >= 11 is 1.31. The molecule has 2 fully saturated rings. The van der Waals surface area contributed by atoms with Crippen LogP contribution < -0.4 is 26.0 Å². The first kappa shape index (κ1) is 38.0. The number of thiophene rings is 1. The summed E-state index contributed by atoms with van der Waals surface area (Å²) in [6.45, 7) is 7.41. The molecule has 1 aliphatic carbocycles. The molecule has 52 heavy (non-hydrogen) atoms. The maximum absolute atomic E-state index is 13.7. The van der Waals surface area contributed by atoms with Crippen LogP contribution >= 0.6 is 11.3 Å². The summed E-state index contributed by atoms with van der Waals surface area (Å²) in [7, 11) is 0. The molecule has 1 aromatic heterocycles. The van der Waals surface area contributed by atoms with E-state index in [1.807, 2.05) is 30.3 Å². The van der Waals surface area contributed by atoms with Crippen LogP contribution in [0.4, 0.5) is 4.79 Å². The number of nitrogens with zero attached hydrogens (tertiary/aromatic N) is 1. The Bertz CT molecular complexity index is 1790. The van der Waals surface area contributed by atoms with Crippen molar-refractivity contribution in [1.29, 1.82) is 5.41 Å². The van der Waals surface area contributed by atoms with Crippen molar-refractivity contribution >= 4 is 46.9 Å². The third-order valence-corrected chi connectivity index (χ3v) is 9.46. The second-order valence-electron chi connectivity index (χ2n) is 13.8. The number of para-hydroxylation sites is 1. The van der Waals surface area contributed by atoms with Crippen molar-refractivity contribution in [2.45, 2.75) is 64.8 Å². The fourth-order valence-corrected chi connectivity index (χ4v) is 6.83. The van der Waals surface area contributed by atoms with Gasteiger partial charge in [-0.2, -0.15) is 0 Å². The van der Waals surface area contributed by atoms with Crippen LogP contribution in [0, 0.1) is 10.8 Å². The highest BCUT2D eigenvalue weighted by Crippen LogP contribution is 2.59. The predicted octanol–water partition coefficient (Wildman–Crippen LogP) is 3.95. The van der Waals surface area contributed by atoms with E-state index in [4.69, 9.17) is 19.6 Å². The number of amidine groups is 1. The molecule has 1 saturated carbocycles. The van der Waals surface area contributed by atoms with Crippen LogP contribution in [-0.2, 0) is 30.4 Å². The molecule has 0 radical (unpaired) electrons. The number of carbonyl (C=O) groups is 5. The van der Waals surface area contributed by atoms with Crippen molar-refractivity contribution in [3.05, 3.63) is 82.0 Å². The highest BCUT2D eigenvalue weighted by molar-refractivity contribution is 7.10. The van der Waals surface area contributed by atoms with Gasteiger partial charge < -0.3 is 35.1 Å². The Morgan fingerprint density at radius 3 is 2.35 bits per heavy atom. The summed E-state index contributed by atoms with van der Waals surface area (Å²) in [5.74, 6) is -0.248. The fourth-order valence-electron chi connectivity index (χ4n) is 6.02. The first-order chi connectivity index (χ1) is 24.7. The van der Waals surface area contributed by atoms with Crippen molar-refractivity contribution in [3.8, 4) is 11.5 Å². The number of rotatable bonds is 14. The fraction of sp³-hybridized carbons (Fsp3) is 0.405. The number of piperidine rings is 1. The molecule has 1 aliphatic heterocycles. The molecular weight excluding hydrogens is 689 g/mol. The van der Waals surface area contributed by atoms with Gasteiger partial charge in [0.1, 0.15) is 29.0 Å². The summed E-state index contributed by atoms with van der Waals surface area (Å²) in [6.07, 6.45) is 0.297. The Labute approximate surface area is 306 Å². The van der Waals surface area contributed by atoms with E-state index in [0.717, 1.165) is 4.88 Å². The zero-order valence-electron chi connectivity index (χ0n) is 29.6. The molecule has 2 aromatic carbocycles. The van der Waals surface area contributed by atoms with Crippen molar-refractivity contribution in [1.82, 2.24) is 26.2 Å². The minimum atomic E-state index is -0.789. The average Bonchev–Trinajstić information content (AvgIpc) is 3.41. The van der Waals surface area contributed by atoms with Gasteiger partial charge in [-0.3, -0.25) is 29.9 Å². The first-order valence-corrected chi connectivity index (χ1v) is 17.8. The van der Waals surface area contributed by atoms with Gasteiger partial charge in [-0.25, -0.2) is 4.79 Å². The number of benzene rings is 2. The van der Waals surface area contributed by atoms with Crippen molar-refractivity contribution in [3.63, 3.8) is 0 Å². The molecule has 14 nitrogen and oxygen atoms in total. The van der Waals surface area contributed by atoms with Crippen molar-refractivity contribution in [2.24, 2.45) is 5.41 Å². The molecule has 0 unspecified atom stereocenters. The Morgan fingerprint density at radius 1 is 0.942 bits per heavy atom. The van der Waals surface area contributed by atoms with Gasteiger partial charge in [0.2, 0.25) is 17.7 Å². The third kappa shape index (κ3) is 10.2. The number of hydrogen-bond acceptors (Lipinski definition) is 10. The minimum Gasteiger partial charge on any atom is -0.457 e. The van der Waals surface area contributed by atoms with E-state index in [-0.39, 0.29) is 42.7 Å². The molecule has 5 amide bonds. The molecule has 15 heteroatoms. The number of alkyl carbamates (subject to hydrolysis) is 1. The van der Waals surface area contributed by atoms with Crippen LogP contribution in [0.5, 0.6) is 11.5 Å². The number of fused-ring (bicyclic) bond motifs is 1. The molecule has 3 aromatic rings. The SMILES string of the molecule is CC(=O)NCCOC[C@@]12C[C@@H]1N(C(=O)CNC(=O)c1ccc(Oc3ccccc3)cc1)[C@H](C(=O)NCc1cc(C(=N)NC(=O)OC(C)(C)C)cs1)C2. The molecule has 1 saturated heterocycles. The molecule has 3 atom stereocenters. The second kappa shape index (κ2) is 16.4. The predicted molar refractivity (Wildman–Crippen MR) is 193 cm³/mol. The standard InChI is InChI=1S/C37H44N6O8S/c1-23(44)39-14-15-49-22-37-17-29(34(47)40-19-28-16-25(21-52-28)32(38)42-35(48)51-36(2,3)4)43(30(37)18-37)31(45)20-41-33(46)24-10-12-27(13-11-24)50-26-8-6-5-7-9-26/h5-13,16,21,29-30H,14-15,17-20,22H2,1-4H3,(H,39,44)(H,40,47)(H,41,46)(H2,38,42,48)/t29-,30-,37+/m0/s1. The van der Waals surface area contributed by atoms with E-state index < -0.39 is 29.1 Å². The van der Waals surface area contributed by atoms with Crippen LogP contribution in [0.1, 0.15) is 61.3 Å². The van der Waals surface area contributed by atoms with E-state index in [2.05, 4.69) is 21.3 Å². The molecular formula is C37H44N6O8S. The van der Waals surface area contributed by atoms with Crippen LogP contribution in [0.15, 0.2) is 66.0 Å². The van der Waals surface area contributed by atoms with E-state index in [0.29, 0.717) is 55.2 Å². The Balaban J connectivity index is 1.18. The zero-order valence-corrected chi connectivity index (χ0v) is 30.4. The molecule has 276 valence electrons. The van der Waals surface area contributed by atoms with Gasteiger partial charge in [-0.15, -0.1) is 11.3 Å². The van der Waals surface area contributed by atoms with Gasteiger partial charge in [0.15, 0.2) is 0 Å². The van der Waals surface area contributed by atoms with E-state index in [1.54, 1.807) is 61.4 Å². The number of amides is 5. The van der Waals surface area contributed by atoms with Gasteiger partial charge in [-0.1, -0.05) is 18.2 Å². The molecule has 0 bridgehead atoms. The van der Waals surface area contributed by atoms with Crippen LogP contribution in [-0.4, -0.2) is 84.4 Å². The first-order valence-electron chi connectivity index (χ1n) is 16.9. The summed E-state index contributed by atoms with van der Waals surface area (Å²) in [4.78, 5) is 65.9. The Kier molecular flexibility index (Phi) is 12.0. The lowest BCUT2D eigenvalue weighted by Gasteiger charge is -2.27. The molecule has 2 heterocycles. The normalized spacial score (nSPS) is 18.8. The minimum absolute atomic E-state index is 0.130. The number of likely N-dealkylation sites (tertiary alicyclic amines) is 1. The van der Waals surface area contributed by atoms with E-state index in [1.165, 1.54) is 18.3 Å². The van der Waals surface area contributed by atoms with Crippen LogP contribution in [0.2, 0.25) is 0 Å². The number of carbonyl (C=O) groups excluding carboxylic acids is 5. The van der Waals surface area contributed by atoms with Gasteiger partial charge in [0.25, 0.3) is 5.91 Å². The van der Waals surface area contributed by atoms with E-state index >= 15 is 0 Å². The maximum atomic E-state index is 13.7. The third-order valence-electron chi connectivity index (χ3n) is 8.52. The largest absolute Gasteiger partial charge is 0.457 e. The average molecular weight is 733 g/mol. The highest BCUT2D eigenvalue weighted by atomic mass is 32.1. The monoisotopic (exact) mass is 732 g/mol. The van der Waals surface area contributed by atoms with Crippen molar-refractivity contribution in [2.75, 3.05) is 26.3 Å². The number of nitrogens with one attached hydrogen (secondary N) is 5. The number of ether oxygens (including phenoxy) is 3. The van der Waals surface area contributed by atoms with Gasteiger partial charge >= 0.3 is 6.09 Å². The molecule has 5 rings (SSSR count). The van der Waals surface area contributed by atoms with Gasteiger partial charge in [-0.05, 0) is 76.1 Å². The highest BCUT2D eigenvalue weighted by Gasteiger charge is 2.67. The smallest absolute Gasteiger partial charge is 0.413 e. The lowest BCUT2D eigenvalue weighted by molar-refractivity contribution is -0.139. The summed E-state index contributed by atoms with van der Waals surface area (Å²) in [5.41, 5.74) is -0.311. The topological polar surface area (TPSA) is 188 Å². The lowest BCUT2D eigenvalue weighted by atomic mass is 10.00. The second-order valence-corrected chi connectivity index (χ2v) is 14.8. The summed E-state index contributed by atoms with van der Waals surface area (Å²) in [5, 5.41) is 20.6. The zero-order chi connectivity index (χ0) is 37.5. The Hall–Kier alpha value is -5.28. The van der Waals surface area contributed by atoms with Crippen LogP contribution in [0.3, 0.4) is 0 Å². The number of hydrogen-bond donors (Lipinski definition) is 5. The summed E-state index contributed by atoms with van der Waals surface area (Å²) in [6, 6.07) is 16.5. The molecule has 2 aliphatic rings.